The number of halogens is 1. The molecule has 4 rings (SSSR count). The van der Waals surface area contributed by atoms with Gasteiger partial charge < -0.3 is 5.32 Å². The Morgan fingerprint density at radius 2 is 1.57 bits per heavy atom. The van der Waals surface area contributed by atoms with Gasteiger partial charge in [0, 0.05) is 28.9 Å². The molecule has 28 heavy (non-hydrogen) atoms. The van der Waals surface area contributed by atoms with Crippen LogP contribution in [0.1, 0.15) is 16.1 Å². The zero-order chi connectivity index (χ0) is 19.3. The number of hydrogen-bond donors (Lipinski definition) is 1. The van der Waals surface area contributed by atoms with E-state index in [1.54, 1.807) is 48.0 Å². The molecule has 2 heterocycles. The summed E-state index contributed by atoms with van der Waals surface area (Å²) in [5.74, 6) is -0.460. The van der Waals surface area contributed by atoms with Crippen LogP contribution in [0.5, 0.6) is 0 Å². The van der Waals surface area contributed by atoms with Crippen molar-refractivity contribution in [3.05, 3.63) is 94.8 Å². The predicted octanol–water partition coefficient (Wildman–Crippen LogP) is 4.94. The van der Waals surface area contributed by atoms with Gasteiger partial charge in [0.1, 0.15) is 5.82 Å². The number of carbonyl (C=O) groups is 1. The van der Waals surface area contributed by atoms with Crippen molar-refractivity contribution in [2.45, 2.75) is 6.54 Å². The summed E-state index contributed by atoms with van der Waals surface area (Å²) in [5.41, 5.74) is 4.85. The van der Waals surface area contributed by atoms with Crippen LogP contribution in [0, 0.1) is 5.82 Å². The van der Waals surface area contributed by atoms with Crippen LogP contribution in [0.15, 0.2) is 77.8 Å². The van der Waals surface area contributed by atoms with Crippen LogP contribution in [0.4, 0.5) is 4.39 Å². The molecule has 6 heteroatoms. The molecule has 0 fully saturated rings. The van der Waals surface area contributed by atoms with Gasteiger partial charge in [0.25, 0.3) is 5.91 Å². The van der Waals surface area contributed by atoms with Crippen molar-refractivity contribution < 1.29 is 9.18 Å². The number of nitrogens with one attached hydrogen (secondary N) is 1. The number of thiophene rings is 1. The number of nitrogens with zero attached hydrogens (tertiary/aromatic N) is 2. The molecular weight excluding hydrogens is 373 g/mol. The monoisotopic (exact) mass is 389 g/mol. The highest BCUT2D eigenvalue weighted by atomic mass is 32.1. The van der Waals surface area contributed by atoms with Crippen molar-refractivity contribution in [1.82, 2.24) is 15.3 Å². The highest BCUT2D eigenvalue weighted by Gasteiger charge is 2.11. The lowest BCUT2D eigenvalue weighted by Crippen LogP contribution is -2.23. The maximum Gasteiger partial charge on any atom is 0.251 e. The first-order chi connectivity index (χ1) is 13.7. The molecule has 4 nitrogen and oxygen atoms in total. The van der Waals surface area contributed by atoms with E-state index in [2.05, 4.69) is 15.3 Å². The van der Waals surface area contributed by atoms with Crippen molar-refractivity contribution in [3.63, 3.8) is 0 Å². The molecule has 138 valence electrons. The average Bonchev–Trinajstić information content (AvgIpc) is 3.28. The minimum Gasteiger partial charge on any atom is -0.346 e. The van der Waals surface area contributed by atoms with Gasteiger partial charge in [-0.05, 0) is 46.8 Å². The van der Waals surface area contributed by atoms with E-state index in [1.807, 2.05) is 29.0 Å². The maximum absolute atomic E-state index is 13.1. The lowest BCUT2D eigenvalue weighted by molar-refractivity contribution is 0.0950. The molecule has 4 aromatic rings. The highest BCUT2D eigenvalue weighted by Crippen LogP contribution is 2.23. The molecule has 0 aliphatic rings. The molecule has 2 aromatic heterocycles. The van der Waals surface area contributed by atoms with E-state index >= 15 is 0 Å². The van der Waals surface area contributed by atoms with Crippen LogP contribution < -0.4 is 5.32 Å². The van der Waals surface area contributed by atoms with Crippen molar-refractivity contribution in [2.75, 3.05) is 0 Å². The Labute approximate surface area is 165 Å². The van der Waals surface area contributed by atoms with Crippen molar-refractivity contribution >= 4 is 17.2 Å². The van der Waals surface area contributed by atoms with Crippen molar-refractivity contribution in [3.8, 4) is 22.4 Å². The van der Waals surface area contributed by atoms with E-state index in [-0.39, 0.29) is 18.3 Å². The molecular formula is C22H16FN3OS. The Morgan fingerprint density at radius 3 is 2.25 bits per heavy atom. The lowest BCUT2D eigenvalue weighted by Gasteiger charge is -2.09. The van der Waals surface area contributed by atoms with Crippen LogP contribution in [0.2, 0.25) is 0 Å². The third kappa shape index (κ3) is 3.97. The lowest BCUT2D eigenvalue weighted by atomic mass is 10.0. The molecule has 0 aliphatic carbocycles. The maximum atomic E-state index is 13.1. The zero-order valence-electron chi connectivity index (χ0n) is 14.8. The molecule has 0 unspecified atom stereocenters. The van der Waals surface area contributed by atoms with Gasteiger partial charge in [0.15, 0.2) is 0 Å². The van der Waals surface area contributed by atoms with Crippen molar-refractivity contribution in [2.24, 2.45) is 0 Å². The quantitative estimate of drug-likeness (QED) is 0.526. The van der Waals surface area contributed by atoms with Gasteiger partial charge in [0.05, 0.1) is 17.9 Å². The van der Waals surface area contributed by atoms with Crippen LogP contribution >= 0.6 is 11.3 Å². The van der Waals surface area contributed by atoms with Crippen molar-refractivity contribution in [1.29, 1.82) is 0 Å². The van der Waals surface area contributed by atoms with Gasteiger partial charge in [-0.15, -0.1) is 0 Å². The van der Waals surface area contributed by atoms with E-state index in [0.717, 1.165) is 28.1 Å². The van der Waals surface area contributed by atoms with Crippen LogP contribution in [0.3, 0.4) is 0 Å². The Hall–Kier alpha value is -3.38. The summed E-state index contributed by atoms with van der Waals surface area (Å²) in [6, 6.07) is 15.4. The summed E-state index contributed by atoms with van der Waals surface area (Å²) in [7, 11) is 0. The number of rotatable bonds is 5. The Kier molecular flexibility index (Phi) is 5.21. The fourth-order valence-corrected chi connectivity index (χ4v) is 3.50. The molecule has 0 radical (unpaired) electrons. The normalized spacial score (nSPS) is 10.6. The summed E-state index contributed by atoms with van der Waals surface area (Å²) < 4.78 is 13.1. The molecule has 0 bridgehead atoms. The first-order valence-corrected chi connectivity index (χ1v) is 9.61. The molecule has 0 spiro atoms. The third-order valence-electron chi connectivity index (χ3n) is 4.31. The van der Waals surface area contributed by atoms with E-state index in [0.29, 0.717) is 5.56 Å². The fraction of sp³-hybridized carbons (Fsp3) is 0.0455. The van der Waals surface area contributed by atoms with Gasteiger partial charge in [-0.2, -0.15) is 11.3 Å². The largest absolute Gasteiger partial charge is 0.346 e. The smallest absolute Gasteiger partial charge is 0.251 e. The number of hydrogen-bond acceptors (Lipinski definition) is 4. The average molecular weight is 389 g/mol. The second kappa shape index (κ2) is 8.10. The minimum atomic E-state index is -0.273. The molecule has 0 aliphatic heterocycles. The molecule has 0 saturated carbocycles. The number of amides is 1. The van der Waals surface area contributed by atoms with Crippen LogP contribution in [0.25, 0.3) is 22.4 Å². The molecule has 0 atom stereocenters. The number of carbonyl (C=O) groups excluding carboxylic acids is 1. The second-order valence-electron chi connectivity index (χ2n) is 6.13. The van der Waals surface area contributed by atoms with Gasteiger partial charge in [-0.25, -0.2) is 4.39 Å². The summed E-state index contributed by atoms with van der Waals surface area (Å²) >= 11 is 1.59. The minimum absolute atomic E-state index is 0.187. The van der Waals surface area contributed by atoms with Gasteiger partial charge >= 0.3 is 0 Å². The Bertz CT molecular complexity index is 1080. The summed E-state index contributed by atoms with van der Waals surface area (Å²) in [5, 5.41) is 6.88. The topological polar surface area (TPSA) is 54.9 Å². The first-order valence-electron chi connectivity index (χ1n) is 8.67. The standard InChI is InChI=1S/C22H16FN3OS/c23-19-7-5-16(6-8-19)15-1-3-17(4-2-15)22(27)26-13-20-21(25-11-10-24-20)18-9-12-28-14-18/h1-12,14H,13H2,(H,26,27). The van der Waals surface area contributed by atoms with Crippen LogP contribution in [-0.2, 0) is 6.54 Å². The fourth-order valence-electron chi connectivity index (χ4n) is 2.86. The van der Waals surface area contributed by atoms with Gasteiger partial charge in [0.2, 0.25) is 0 Å². The zero-order valence-corrected chi connectivity index (χ0v) is 15.6. The molecule has 1 N–H and O–H groups in total. The SMILES string of the molecule is O=C(NCc1nccnc1-c1ccsc1)c1ccc(-c2ccc(F)cc2)cc1. The van der Waals surface area contributed by atoms with E-state index in [9.17, 15) is 9.18 Å². The van der Waals surface area contributed by atoms with Gasteiger partial charge in [-0.3, -0.25) is 14.8 Å². The second-order valence-corrected chi connectivity index (χ2v) is 6.91. The summed E-state index contributed by atoms with van der Waals surface area (Å²) in [6.07, 6.45) is 3.27. The Morgan fingerprint density at radius 1 is 0.893 bits per heavy atom. The predicted molar refractivity (Wildman–Crippen MR) is 108 cm³/mol. The van der Waals surface area contributed by atoms with E-state index in [4.69, 9.17) is 0 Å². The number of aromatic nitrogens is 2. The third-order valence-corrected chi connectivity index (χ3v) is 4.99. The molecule has 0 saturated heterocycles. The molecule has 2 aromatic carbocycles. The van der Waals surface area contributed by atoms with Gasteiger partial charge in [-0.1, -0.05) is 24.3 Å². The first kappa shape index (κ1) is 18.0. The van der Waals surface area contributed by atoms with E-state index in [1.165, 1.54) is 12.1 Å². The summed E-state index contributed by atoms with van der Waals surface area (Å²) in [6.45, 7) is 0.289. The van der Waals surface area contributed by atoms with Crippen LogP contribution in [-0.4, -0.2) is 15.9 Å². The van der Waals surface area contributed by atoms with E-state index < -0.39 is 0 Å². The Balaban J connectivity index is 1.46. The summed E-state index contributed by atoms with van der Waals surface area (Å²) in [4.78, 5) is 21.2. The molecule has 1 amide bonds. The number of benzene rings is 2. The highest BCUT2D eigenvalue weighted by molar-refractivity contribution is 7.08.